The molecule has 110 valence electrons. The number of anilines is 1. The fourth-order valence-electron chi connectivity index (χ4n) is 2.81. The van der Waals surface area contributed by atoms with Crippen LogP contribution in [-0.4, -0.2) is 19.0 Å². The molecule has 1 amide bonds. The first-order valence-corrected chi connectivity index (χ1v) is 8.12. The number of benzene rings is 1. The second kappa shape index (κ2) is 7.23. The van der Waals surface area contributed by atoms with Crippen molar-refractivity contribution in [1.82, 2.24) is 5.32 Å². The first-order valence-electron chi connectivity index (χ1n) is 7.33. The second-order valence-corrected chi connectivity index (χ2v) is 6.64. The fourth-order valence-corrected chi connectivity index (χ4v) is 3.05. The van der Waals surface area contributed by atoms with Crippen LogP contribution < -0.4 is 10.6 Å². The van der Waals surface area contributed by atoms with Gasteiger partial charge < -0.3 is 10.6 Å². The van der Waals surface area contributed by atoms with Gasteiger partial charge in [-0.2, -0.15) is 0 Å². The van der Waals surface area contributed by atoms with E-state index in [0.29, 0.717) is 18.3 Å². The molecule has 2 rings (SSSR count). The van der Waals surface area contributed by atoms with Crippen LogP contribution in [0.2, 0.25) is 0 Å². The lowest BCUT2D eigenvalue weighted by molar-refractivity contribution is -0.117. The van der Waals surface area contributed by atoms with Crippen LogP contribution in [0, 0.1) is 18.8 Å². The molecule has 1 aromatic rings. The highest BCUT2D eigenvalue weighted by molar-refractivity contribution is 9.10. The van der Waals surface area contributed by atoms with Crippen LogP contribution >= 0.6 is 15.9 Å². The Balaban J connectivity index is 1.86. The molecule has 0 aliphatic carbocycles. The topological polar surface area (TPSA) is 41.1 Å². The molecule has 1 unspecified atom stereocenters. The predicted molar refractivity (Wildman–Crippen MR) is 86.9 cm³/mol. The van der Waals surface area contributed by atoms with Crippen molar-refractivity contribution in [3.05, 3.63) is 28.2 Å². The van der Waals surface area contributed by atoms with Crippen molar-refractivity contribution >= 4 is 27.5 Å². The molecule has 2 N–H and O–H groups in total. The normalized spacial score (nSPS) is 17.8. The molecule has 4 heteroatoms. The van der Waals surface area contributed by atoms with Crippen LogP contribution in [0.3, 0.4) is 0 Å². The summed E-state index contributed by atoms with van der Waals surface area (Å²) in [6.07, 6.45) is 2.98. The number of carbonyl (C=O) groups is 1. The van der Waals surface area contributed by atoms with Gasteiger partial charge in [0, 0.05) is 16.6 Å². The number of halogens is 1. The molecule has 1 heterocycles. The van der Waals surface area contributed by atoms with E-state index in [1.54, 1.807) is 0 Å². The molecule has 3 nitrogen and oxygen atoms in total. The number of amides is 1. The zero-order chi connectivity index (χ0) is 14.5. The van der Waals surface area contributed by atoms with Gasteiger partial charge in [-0.25, -0.2) is 0 Å². The number of carbonyl (C=O) groups excluding carboxylic acids is 1. The Morgan fingerprint density at radius 3 is 2.80 bits per heavy atom. The maximum atomic E-state index is 12.1. The number of hydrogen-bond acceptors (Lipinski definition) is 2. The molecule has 0 aromatic heterocycles. The van der Waals surface area contributed by atoms with Crippen molar-refractivity contribution in [3.8, 4) is 0 Å². The summed E-state index contributed by atoms with van der Waals surface area (Å²) in [4.78, 5) is 12.1. The van der Waals surface area contributed by atoms with Gasteiger partial charge in [0.2, 0.25) is 5.91 Å². The maximum absolute atomic E-state index is 12.1. The summed E-state index contributed by atoms with van der Waals surface area (Å²) < 4.78 is 1.07. The first kappa shape index (κ1) is 15.5. The SMILES string of the molecule is Cc1cc(NC(=O)CC(C)C2CCNCC2)ccc1Br. The minimum absolute atomic E-state index is 0.123. The van der Waals surface area contributed by atoms with Crippen molar-refractivity contribution in [2.75, 3.05) is 18.4 Å². The molecule has 0 bridgehead atoms. The van der Waals surface area contributed by atoms with Crippen LogP contribution in [0.25, 0.3) is 0 Å². The van der Waals surface area contributed by atoms with Gasteiger partial charge in [0.05, 0.1) is 0 Å². The van der Waals surface area contributed by atoms with Crippen molar-refractivity contribution < 1.29 is 4.79 Å². The molecule has 1 aliphatic heterocycles. The average molecular weight is 339 g/mol. The van der Waals surface area contributed by atoms with E-state index in [4.69, 9.17) is 0 Å². The number of nitrogens with one attached hydrogen (secondary N) is 2. The van der Waals surface area contributed by atoms with E-state index in [2.05, 4.69) is 33.5 Å². The van der Waals surface area contributed by atoms with E-state index in [1.165, 1.54) is 12.8 Å². The molecule has 1 saturated heterocycles. The Kier molecular flexibility index (Phi) is 5.61. The summed E-state index contributed by atoms with van der Waals surface area (Å²) in [7, 11) is 0. The molecular formula is C16H23BrN2O. The van der Waals surface area contributed by atoms with Gasteiger partial charge in [0.15, 0.2) is 0 Å². The number of rotatable bonds is 4. The Morgan fingerprint density at radius 1 is 1.45 bits per heavy atom. The van der Waals surface area contributed by atoms with Crippen LogP contribution in [0.1, 0.15) is 31.7 Å². The summed E-state index contributed by atoms with van der Waals surface area (Å²) in [5.41, 5.74) is 2.02. The van der Waals surface area contributed by atoms with E-state index < -0.39 is 0 Å². The van der Waals surface area contributed by atoms with Crippen molar-refractivity contribution in [2.45, 2.75) is 33.1 Å². The van der Waals surface area contributed by atoms with E-state index in [-0.39, 0.29) is 5.91 Å². The minimum atomic E-state index is 0.123. The molecule has 1 aromatic carbocycles. The van der Waals surface area contributed by atoms with Gasteiger partial charge in [-0.1, -0.05) is 22.9 Å². The lowest BCUT2D eigenvalue weighted by atomic mass is 9.84. The highest BCUT2D eigenvalue weighted by Gasteiger charge is 2.22. The highest BCUT2D eigenvalue weighted by Crippen LogP contribution is 2.25. The van der Waals surface area contributed by atoms with E-state index in [0.717, 1.165) is 28.8 Å². The van der Waals surface area contributed by atoms with Crippen LogP contribution in [0.4, 0.5) is 5.69 Å². The summed E-state index contributed by atoms with van der Waals surface area (Å²) >= 11 is 3.47. The van der Waals surface area contributed by atoms with E-state index in [9.17, 15) is 4.79 Å². The molecule has 1 aliphatic rings. The molecule has 20 heavy (non-hydrogen) atoms. The molecule has 0 radical (unpaired) electrons. The number of hydrogen-bond donors (Lipinski definition) is 2. The van der Waals surface area contributed by atoms with Gasteiger partial charge in [-0.15, -0.1) is 0 Å². The average Bonchev–Trinajstić information content (AvgIpc) is 2.44. The molecule has 1 atom stereocenters. The van der Waals surface area contributed by atoms with Gasteiger partial charge in [-0.3, -0.25) is 4.79 Å². The standard InChI is InChI=1S/C16H23BrN2O/c1-11(13-5-7-18-8-6-13)10-16(20)19-14-3-4-15(17)12(2)9-14/h3-4,9,11,13,18H,5-8,10H2,1-2H3,(H,19,20). The van der Waals surface area contributed by atoms with Crippen molar-refractivity contribution in [3.63, 3.8) is 0 Å². The molecule has 1 fully saturated rings. The third kappa shape index (κ3) is 4.32. The van der Waals surface area contributed by atoms with Crippen LogP contribution in [0.15, 0.2) is 22.7 Å². The number of piperidine rings is 1. The van der Waals surface area contributed by atoms with Crippen molar-refractivity contribution in [1.29, 1.82) is 0 Å². The minimum Gasteiger partial charge on any atom is -0.326 e. The zero-order valence-corrected chi connectivity index (χ0v) is 13.8. The molecule has 0 spiro atoms. The van der Waals surface area contributed by atoms with E-state index >= 15 is 0 Å². The summed E-state index contributed by atoms with van der Waals surface area (Å²) in [5.74, 6) is 1.25. The monoisotopic (exact) mass is 338 g/mol. The summed E-state index contributed by atoms with van der Waals surface area (Å²) in [6, 6.07) is 5.91. The lowest BCUT2D eigenvalue weighted by Crippen LogP contribution is -2.32. The van der Waals surface area contributed by atoms with Gasteiger partial charge in [0.25, 0.3) is 0 Å². The van der Waals surface area contributed by atoms with E-state index in [1.807, 2.05) is 25.1 Å². The second-order valence-electron chi connectivity index (χ2n) is 5.78. The maximum Gasteiger partial charge on any atom is 0.224 e. The third-order valence-corrected chi connectivity index (χ3v) is 5.03. The lowest BCUT2D eigenvalue weighted by Gasteiger charge is -2.27. The van der Waals surface area contributed by atoms with Crippen LogP contribution in [0.5, 0.6) is 0 Å². The fraction of sp³-hybridized carbons (Fsp3) is 0.562. The van der Waals surface area contributed by atoms with Gasteiger partial charge in [-0.05, 0) is 68.5 Å². The molecular weight excluding hydrogens is 316 g/mol. The first-order chi connectivity index (χ1) is 9.56. The summed E-state index contributed by atoms with van der Waals surface area (Å²) in [5, 5.41) is 6.37. The quantitative estimate of drug-likeness (QED) is 0.878. The largest absolute Gasteiger partial charge is 0.326 e. The Morgan fingerprint density at radius 2 is 2.15 bits per heavy atom. The Labute approximate surface area is 129 Å². The Hall–Kier alpha value is -0.870. The summed E-state index contributed by atoms with van der Waals surface area (Å²) in [6.45, 7) is 6.39. The van der Waals surface area contributed by atoms with Crippen LogP contribution in [-0.2, 0) is 4.79 Å². The smallest absolute Gasteiger partial charge is 0.224 e. The van der Waals surface area contributed by atoms with Gasteiger partial charge in [0.1, 0.15) is 0 Å². The van der Waals surface area contributed by atoms with Crippen molar-refractivity contribution in [2.24, 2.45) is 11.8 Å². The molecule has 0 saturated carbocycles. The third-order valence-electron chi connectivity index (χ3n) is 4.14. The number of aryl methyl sites for hydroxylation is 1. The predicted octanol–water partition coefficient (Wildman–Crippen LogP) is 3.72. The highest BCUT2D eigenvalue weighted by atomic mass is 79.9. The Bertz CT molecular complexity index is 470. The zero-order valence-electron chi connectivity index (χ0n) is 12.2. The van der Waals surface area contributed by atoms with Gasteiger partial charge >= 0.3 is 0 Å².